The van der Waals surface area contributed by atoms with E-state index in [1.807, 2.05) is 26.0 Å². The molecule has 2 aliphatic rings. The van der Waals surface area contributed by atoms with Crippen molar-refractivity contribution in [1.82, 2.24) is 0 Å². The molecular formula is C16H24N2O2. The van der Waals surface area contributed by atoms with E-state index in [4.69, 9.17) is 10.5 Å². The summed E-state index contributed by atoms with van der Waals surface area (Å²) in [6.07, 6.45) is 2.06. The molecule has 1 saturated carbocycles. The van der Waals surface area contributed by atoms with Gasteiger partial charge in [-0.25, -0.2) is 0 Å². The lowest BCUT2D eigenvalue weighted by Gasteiger charge is -2.24. The first-order valence-electron chi connectivity index (χ1n) is 7.54. The average Bonchev–Trinajstić information content (AvgIpc) is 2.94. The predicted octanol–water partition coefficient (Wildman–Crippen LogP) is 2.26. The van der Waals surface area contributed by atoms with E-state index in [1.165, 1.54) is 0 Å². The normalized spacial score (nSPS) is 29.0. The highest BCUT2D eigenvalue weighted by atomic mass is 16.5. The minimum absolute atomic E-state index is 0.118. The fourth-order valence-corrected chi connectivity index (χ4v) is 3.60. The van der Waals surface area contributed by atoms with E-state index < -0.39 is 0 Å². The van der Waals surface area contributed by atoms with Gasteiger partial charge in [0.1, 0.15) is 5.75 Å². The van der Waals surface area contributed by atoms with Crippen LogP contribution in [0.4, 0.5) is 11.4 Å². The smallest absolute Gasteiger partial charge is 0.144 e. The van der Waals surface area contributed by atoms with Gasteiger partial charge in [0, 0.05) is 19.0 Å². The standard InChI is InChI=1S/C16H24N2O2/c1-10(2)20-15-5-3-4-13(16(15)17)18-8-11-6-7-14(19)12(11)9-18/h3-5,10-12,14,19H,6-9,17H2,1-2H3. The van der Waals surface area contributed by atoms with Crippen LogP contribution in [-0.2, 0) is 0 Å². The first-order chi connectivity index (χ1) is 9.56. The molecule has 4 nitrogen and oxygen atoms in total. The van der Waals surface area contributed by atoms with Crippen molar-refractivity contribution in [2.75, 3.05) is 23.7 Å². The molecule has 0 radical (unpaired) electrons. The maximum atomic E-state index is 10.0. The first kappa shape index (κ1) is 13.6. The number of benzene rings is 1. The van der Waals surface area contributed by atoms with Crippen molar-refractivity contribution in [1.29, 1.82) is 0 Å². The molecule has 110 valence electrons. The van der Waals surface area contributed by atoms with Gasteiger partial charge in [0.2, 0.25) is 0 Å². The topological polar surface area (TPSA) is 58.7 Å². The third-order valence-corrected chi connectivity index (χ3v) is 4.57. The number of fused-ring (bicyclic) bond motifs is 1. The zero-order chi connectivity index (χ0) is 14.3. The molecule has 1 aliphatic carbocycles. The van der Waals surface area contributed by atoms with E-state index >= 15 is 0 Å². The zero-order valence-corrected chi connectivity index (χ0v) is 12.2. The van der Waals surface area contributed by atoms with Crippen LogP contribution in [0.5, 0.6) is 5.75 Å². The molecule has 4 heteroatoms. The van der Waals surface area contributed by atoms with Crippen LogP contribution < -0.4 is 15.4 Å². The molecule has 0 amide bonds. The monoisotopic (exact) mass is 276 g/mol. The molecule has 0 bridgehead atoms. The maximum Gasteiger partial charge on any atom is 0.144 e. The largest absolute Gasteiger partial charge is 0.489 e. The Labute approximate surface area is 120 Å². The van der Waals surface area contributed by atoms with Crippen LogP contribution in [-0.4, -0.2) is 30.4 Å². The Morgan fingerprint density at radius 1 is 1.30 bits per heavy atom. The van der Waals surface area contributed by atoms with Crippen LogP contribution in [0.1, 0.15) is 26.7 Å². The van der Waals surface area contributed by atoms with Crippen LogP contribution in [0.15, 0.2) is 18.2 Å². The van der Waals surface area contributed by atoms with Crippen molar-refractivity contribution < 1.29 is 9.84 Å². The number of aliphatic hydroxyl groups is 1. The summed E-state index contributed by atoms with van der Waals surface area (Å²) in [5, 5.41) is 10.0. The van der Waals surface area contributed by atoms with Gasteiger partial charge in [-0.2, -0.15) is 0 Å². The summed E-state index contributed by atoms with van der Waals surface area (Å²) in [4.78, 5) is 2.31. The van der Waals surface area contributed by atoms with E-state index in [0.717, 1.165) is 43.1 Å². The lowest BCUT2D eigenvalue weighted by Crippen LogP contribution is -2.25. The minimum atomic E-state index is -0.138. The second-order valence-electron chi connectivity index (χ2n) is 6.33. The van der Waals surface area contributed by atoms with Crippen LogP contribution in [0.2, 0.25) is 0 Å². The van der Waals surface area contributed by atoms with Crippen molar-refractivity contribution >= 4 is 11.4 Å². The van der Waals surface area contributed by atoms with Gasteiger partial charge in [-0.05, 0) is 44.7 Å². The molecule has 3 atom stereocenters. The molecule has 20 heavy (non-hydrogen) atoms. The van der Waals surface area contributed by atoms with E-state index in [9.17, 15) is 5.11 Å². The van der Waals surface area contributed by atoms with Gasteiger partial charge in [0.25, 0.3) is 0 Å². The second-order valence-corrected chi connectivity index (χ2v) is 6.33. The van der Waals surface area contributed by atoms with Crippen molar-refractivity contribution in [3.8, 4) is 5.75 Å². The number of hydrogen-bond donors (Lipinski definition) is 2. The number of hydrogen-bond acceptors (Lipinski definition) is 4. The van der Waals surface area contributed by atoms with Crippen molar-refractivity contribution in [2.45, 2.75) is 38.9 Å². The van der Waals surface area contributed by atoms with Gasteiger partial charge in [-0.1, -0.05) is 6.07 Å². The highest BCUT2D eigenvalue weighted by Crippen LogP contribution is 2.42. The highest BCUT2D eigenvalue weighted by Gasteiger charge is 2.42. The Hall–Kier alpha value is -1.42. The molecule has 2 fully saturated rings. The number of nitrogens with zero attached hydrogens (tertiary/aromatic N) is 1. The van der Waals surface area contributed by atoms with Crippen molar-refractivity contribution in [3.05, 3.63) is 18.2 Å². The average molecular weight is 276 g/mol. The Bertz CT molecular complexity index is 489. The molecule has 1 aromatic rings. The summed E-state index contributed by atoms with van der Waals surface area (Å²) in [5.41, 5.74) is 8.03. The predicted molar refractivity (Wildman–Crippen MR) is 81.1 cm³/mol. The van der Waals surface area contributed by atoms with E-state index in [-0.39, 0.29) is 12.2 Å². The van der Waals surface area contributed by atoms with Crippen LogP contribution in [0.3, 0.4) is 0 Å². The third kappa shape index (κ3) is 2.33. The molecule has 3 rings (SSSR count). The van der Waals surface area contributed by atoms with Crippen LogP contribution >= 0.6 is 0 Å². The lowest BCUT2D eigenvalue weighted by atomic mass is 10.00. The molecule has 3 N–H and O–H groups in total. The number of rotatable bonds is 3. The second kappa shape index (κ2) is 5.17. The van der Waals surface area contributed by atoms with Crippen molar-refractivity contribution in [2.24, 2.45) is 11.8 Å². The minimum Gasteiger partial charge on any atom is -0.489 e. The number of para-hydroxylation sites is 1. The summed E-state index contributed by atoms with van der Waals surface area (Å²) in [6.45, 7) is 5.91. The summed E-state index contributed by atoms with van der Waals surface area (Å²) in [6, 6.07) is 5.97. The molecule has 3 unspecified atom stereocenters. The number of nitrogen functional groups attached to an aromatic ring is 1. The fraction of sp³-hybridized carbons (Fsp3) is 0.625. The Balaban J connectivity index is 1.81. The Kier molecular flexibility index (Phi) is 3.50. The summed E-state index contributed by atoms with van der Waals surface area (Å²) in [5.74, 6) is 1.78. The van der Waals surface area contributed by atoms with Crippen LogP contribution in [0, 0.1) is 11.8 Å². The molecule has 1 aromatic carbocycles. The molecule has 0 spiro atoms. The number of aliphatic hydroxyl groups excluding tert-OH is 1. The quantitative estimate of drug-likeness (QED) is 0.831. The van der Waals surface area contributed by atoms with Gasteiger partial charge in [0.15, 0.2) is 0 Å². The van der Waals surface area contributed by atoms with E-state index in [0.29, 0.717) is 11.8 Å². The van der Waals surface area contributed by atoms with Crippen LogP contribution in [0.25, 0.3) is 0 Å². The maximum absolute atomic E-state index is 10.0. The van der Waals surface area contributed by atoms with E-state index in [1.54, 1.807) is 0 Å². The first-order valence-corrected chi connectivity index (χ1v) is 7.54. The Morgan fingerprint density at radius 2 is 2.10 bits per heavy atom. The Morgan fingerprint density at radius 3 is 2.80 bits per heavy atom. The summed E-state index contributed by atoms with van der Waals surface area (Å²) in [7, 11) is 0. The van der Waals surface area contributed by atoms with E-state index in [2.05, 4.69) is 11.0 Å². The van der Waals surface area contributed by atoms with Gasteiger partial charge >= 0.3 is 0 Å². The molecular weight excluding hydrogens is 252 g/mol. The zero-order valence-electron chi connectivity index (χ0n) is 12.2. The highest BCUT2D eigenvalue weighted by molar-refractivity contribution is 5.74. The van der Waals surface area contributed by atoms with Gasteiger partial charge < -0.3 is 20.5 Å². The third-order valence-electron chi connectivity index (χ3n) is 4.57. The summed E-state index contributed by atoms with van der Waals surface area (Å²) < 4.78 is 5.76. The summed E-state index contributed by atoms with van der Waals surface area (Å²) >= 11 is 0. The lowest BCUT2D eigenvalue weighted by molar-refractivity contribution is 0.133. The van der Waals surface area contributed by atoms with Gasteiger partial charge in [0.05, 0.1) is 23.6 Å². The van der Waals surface area contributed by atoms with Crippen molar-refractivity contribution in [3.63, 3.8) is 0 Å². The molecule has 0 aromatic heterocycles. The molecule has 1 aliphatic heterocycles. The van der Waals surface area contributed by atoms with Gasteiger partial charge in [-0.15, -0.1) is 0 Å². The number of nitrogens with two attached hydrogens (primary N) is 1. The number of anilines is 2. The molecule has 1 heterocycles. The molecule has 1 saturated heterocycles. The number of ether oxygens (including phenoxy) is 1. The fourth-order valence-electron chi connectivity index (χ4n) is 3.60. The SMILES string of the molecule is CC(C)Oc1cccc(N2CC3CCC(O)C3C2)c1N. The van der Waals surface area contributed by atoms with Gasteiger partial charge in [-0.3, -0.25) is 0 Å².